The summed E-state index contributed by atoms with van der Waals surface area (Å²) in [7, 11) is 2.18. The van der Waals surface area contributed by atoms with Crippen LogP contribution in [0.1, 0.15) is 11.4 Å². The van der Waals surface area contributed by atoms with Gasteiger partial charge in [-0.2, -0.15) is 5.10 Å². The maximum absolute atomic E-state index is 5.64. The van der Waals surface area contributed by atoms with Crippen LogP contribution in [0.5, 0.6) is 0 Å². The SMILES string of the molecule is CN1CCN(CCc2nc3ccc(CN)cn3n2)CC1. The van der Waals surface area contributed by atoms with Crippen molar-refractivity contribution in [3.63, 3.8) is 0 Å². The molecule has 3 rings (SSSR count). The van der Waals surface area contributed by atoms with Crippen LogP contribution in [0.25, 0.3) is 5.65 Å². The van der Waals surface area contributed by atoms with E-state index in [1.54, 1.807) is 0 Å². The molecule has 6 heteroatoms. The average Bonchev–Trinajstić information content (AvgIpc) is 2.88. The Morgan fingerprint density at radius 1 is 1.20 bits per heavy atom. The van der Waals surface area contributed by atoms with Gasteiger partial charge in [0.25, 0.3) is 0 Å². The molecule has 0 aliphatic carbocycles. The number of rotatable bonds is 4. The summed E-state index contributed by atoms with van der Waals surface area (Å²) in [6, 6.07) is 3.99. The topological polar surface area (TPSA) is 62.7 Å². The number of aromatic nitrogens is 3. The van der Waals surface area contributed by atoms with E-state index in [1.807, 2.05) is 22.8 Å². The number of nitrogens with two attached hydrogens (primary N) is 1. The van der Waals surface area contributed by atoms with Crippen LogP contribution in [0.3, 0.4) is 0 Å². The Bertz CT molecular complexity index is 570. The second-order valence-electron chi connectivity index (χ2n) is 5.47. The number of piperazine rings is 1. The number of hydrogen-bond donors (Lipinski definition) is 1. The highest BCUT2D eigenvalue weighted by Gasteiger charge is 2.14. The number of hydrogen-bond acceptors (Lipinski definition) is 5. The number of nitrogens with zero attached hydrogens (tertiary/aromatic N) is 5. The molecule has 108 valence electrons. The molecule has 20 heavy (non-hydrogen) atoms. The van der Waals surface area contributed by atoms with Crippen LogP contribution >= 0.6 is 0 Å². The summed E-state index contributed by atoms with van der Waals surface area (Å²) in [5.74, 6) is 0.915. The van der Waals surface area contributed by atoms with Gasteiger partial charge in [-0.15, -0.1) is 0 Å². The zero-order valence-electron chi connectivity index (χ0n) is 12.0. The predicted octanol–water partition coefficient (Wildman–Crippen LogP) is -0.0221. The van der Waals surface area contributed by atoms with Crippen molar-refractivity contribution in [1.29, 1.82) is 0 Å². The van der Waals surface area contributed by atoms with Gasteiger partial charge in [-0.05, 0) is 18.7 Å². The van der Waals surface area contributed by atoms with Crippen molar-refractivity contribution in [2.24, 2.45) is 5.73 Å². The van der Waals surface area contributed by atoms with Crippen molar-refractivity contribution in [2.45, 2.75) is 13.0 Å². The van der Waals surface area contributed by atoms with Crippen LogP contribution in [0.15, 0.2) is 18.3 Å². The molecule has 0 bridgehead atoms. The van der Waals surface area contributed by atoms with E-state index >= 15 is 0 Å². The number of pyridine rings is 1. The molecular formula is C14H22N6. The van der Waals surface area contributed by atoms with Gasteiger partial charge < -0.3 is 15.5 Å². The molecule has 0 spiro atoms. The van der Waals surface area contributed by atoms with E-state index in [4.69, 9.17) is 5.73 Å². The minimum atomic E-state index is 0.534. The predicted molar refractivity (Wildman–Crippen MR) is 78.5 cm³/mol. The fourth-order valence-corrected chi connectivity index (χ4v) is 2.53. The molecule has 1 aliphatic rings. The van der Waals surface area contributed by atoms with Crippen molar-refractivity contribution in [1.82, 2.24) is 24.4 Å². The van der Waals surface area contributed by atoms with Crippen LogP contribution in [-0.4, -0.2) is 64.2 Å². The largest absolute Gasteiger partial charge is 0.326 e. The third kappa shape index (κ3) is 2.98. The fraction of sp³-hybridized carbons (Fsp3) is 0.571. The summed E-state index contributed by atoms with van der Waals surface area (Å²) in [5, 5.41) is 4.53. The Balaban J connectivity index is 1.62. The lowest BCUT2D eigenvalue weighted by atomic mass is 10.3. The summed E-state index contributed by atoms with van der Waals surface area (Å²) in [4.78, 5) is 9.41. The molecule has 0 atom stereocenters. The lowest BCUT2D eigenvalue weighted by Gasteiger charge is -2.31. The van der Waals surface area contributed by atoms with Crippen molar-refractivity contribution >= 4 is 5.65 Å². The van der Waals surface area contributed by atoms with Crippen molar-refractivity contribution < 1.29 is 0 Å². The molecule has 6 nitrogen and oxygen atoms in total. The summed E-state index contributed by atoms with van der Waals surface area (Å²) in [5.41, 5.74) is 7.62. The molecule has 1 saturated heterocycles. The molecule has 2 aromatic rings. The van der Waals surface area contributed by atoms with E-state index in [-0.39, 0.29) is 0 Å². The summed E-state index contributed by atoms with van der Waals surface area (Å²) >= 11 is 0. The number of likely N-dealkylation sites (N-methyl/N-ethyl adjacent to an activating group) is 1. The molecule has 0 unspecified atom stereocenters. The van der Waals surface area contributed by atoms with Crippen molar-refractivity contribution in [3.8, 4) is 0 Å². The Morgan fingerprint density at radius 2 is 2.00 bits per heavy atom. The Morgan fingerprint density at radius 3 is 2.75 bits per heavy atom. The first-order valence-electron chi connectivity index (χ1n) is 7.20. The summed E-state index contributed by atoms with van der Waals surface area (Å²) in [6.45, 7) is 6.15. The first kappa shape index (κ1) is 13.5. The molecule has 2 aromatic heterocycles. The highest BCUT2D eigenvalue weighted by atomic mass is 15.3. The first-order valence-corrected chi connectivity index (χ1v) is 7.20. The second kappa shape index (κ2) is 5.87. The smallest absolute Gasteiger partial charge is 0.155 e. The van der Waals surface area contributed by atoms with Gasteiger partial charge >= 0.3 is 0 Å². The molecule has 1 fully saturated rings. The van der Waals surface area contributed by atoms with E-state index in [0.717, 1.165) is 56.2 Å². The summed E-state index contributed by atoms with van der Waals surface area (Å²) in [6.07, 6.45) is 2.87. The van der Waals surface area contributed by atoms with Crippen LogP contribution in [0.4, 0.5) is 0 Å². The van der Waals surface area contributed by atoms with E-state index < -0.39 is 0 Å². The highest BCUT2D eigenvalue weighted by molar-refractivity contribution is 5.38. The van der Waals surface area contributed by atoms with Gasteiger partial charge in [0.2, 0.25) is 0 Å². The van der Waals surface area contributed by atoms with Gasteiger partial charge in [-0.1, -0.05) is 6.07 Å². The summed E-state index contributed by atoms with van der Waals surface area (Å²) < 4.78 is 1.83. The molecule has 0 saturated carbocycles. The maximum atomic E-state index is 5.64. The van der Waals surface area contributed by atoms with Gasteiger partial charge in [0, 0.05) is 51.9 Å². The van der Waals surface area contributed by atoms with Crippen LogP contribution in [0.2, 0.25) is 0 Å². The molecule has 0 radical (unpaired) electrons. The van der Waals surface area contributed by atoms with E-state index in [0.29, 0.717) is 6.54 Å². The molecular weight excluding hydrogens is 252 g/mol. The molecule has 1 aliphatic heterocycles. The fourth-order valence-electron chi connectivity index (χ4n) is 2.53. The third-order valence-corrected chi connectivity index (χ3v) is 3.92. The monoisotopic (exact) mass is 274 g/mol. The quantitative estimate of drug-likeness (QED) is 0.849. The molecule has 0 aromatic carbocycles. The second-order valence-corrected chi connectivity index (χ2v) is 5.47. The molecule has 0 amide bonds. The van der Waals surface area contributed by atoms with Crippen molar-refractivity contribution in [2.75, 3.05) is 39.8 Å². The highest BCUT2D eigenvalue weighted by Crippen LogP contribution is 2.06. The van der Waals surface area contributed by atoms with Gasteiger partial charge in [-0.3, -0.25) is 0 Å². The lowest BCUT2D eigenvalue weighted by Crippen LogP contribution is -2.45. The number of fused-ring (bicyclic) bond motifs is 1. The zero-order valence-corrected chi connectivity index (χ0v) is 12.0. The standard InChI is InChI=1S/C14H22N6/c1-18-6-8-19(9-7-18)5-4-13-16-14-3-2-12(10-15)11-20(14)17-13/h2-3,11H,4-10,15H2,1H3. The third-order valence-electron chi connectivity index (χ3n) is 3.92. The van der Waals surface area contributed by atoms with Gasteiger partial charge in [-0.25, -0.2) is 9.50 Å². The van der Waals surface area contributed by atoms with Crippen LogP contribution in [-0.2, 0) is 13.0 Å². The van der Waals surface area contributed by atoms with E-state index in [1.165, 1.54) is 0 Å². The van der Waals surface area contributed by atoms with E-state index in [2.05, 4.69) is 26.9 Å². The van der Waals surface area contributed by atoms with Crippen LogP contribution < -0.4 is 5.73 Å². The Labute approximate surface area is 119 Å². The van der Waals surface area contributed by atoms with Crippen LogP contribution in [0, 0.1) is 0 Å². The Kier molecular flexibility index (Phi) is 3.95. The average molecular weight is 274 g/mol. The van der Waals surface area contributed by atoms with Gasteiger partial charge in [0.1, 0.15) is 0 Å². The minimum absolute atomic E-state index is 0.534. The molecule has 3 heterocycles. The zero-order chi connectivity index (χ0) is 13.9. The van der Waals surface area contributed by atoms with Gasteiger partial charge in [0.05, 0.1) is 0 Å². The lowest BCUT2D eigenvalue weighted by molar-refractivity contribution is 0.155. The minimum Gasteiger partial charge on any atom is -0.326 e. The first-order chi connectivity index (χ1) is 9.74. The maximum Gasteiger partial charge on any atom is 0.155 e. The Hall–Kier alpha value is -1.50. The van der Waals surface area contributed by atoms with Crippen molar-refractivity contribution in [3.05, 3.63) is 29.7 Å². The van der Waals surface area contributed by atoms with E-state index in [9.17, 15) is 0 Å². The normalized spacial score (nSPS) is 17.9. The molecule has 2 N–H and O–H groups in total. The van der Waals surface area contributed by atoms with Gasteiger partial charge in [0.15, 0.2) is 11.5 Å².